The largest absolute Gasteiger partial charge is 0.511 e. The Labute approximate surface area is 96.5 Å². The van der Waals surface area contributed by atoms with Gasteiger partial charge in [0.25, 0.3) is 0 Å². The van der Waals surface area contributed by atoms with E-state index in [1.54, 1.807) is 6.08 Å². The topological polar surface area (TPSA) is 57.5 Å². The highest BCUT2D eigenvalue weighted by Gasteiger charge is 2.17. The Morgan fingerprint density at radius 2 is 2.00 bits per heavy atom. The number of rotatable bonds is 1. The molecular formula is C13H20O3. The first-order valence-electron chi connectivity index (χ1n) is 5.78. The molecule has 0 saturated carbocycles. The van der Waals surface area contributed by atoms with Gasteiger partial charge in [0.2, 0.25) is 0 Å². The fourth-order valence-corrected chi connectivity index (χ4v) is 1.72. The highest BCUT2D eigenvalue weighted by Crippen LogP contribution is 2.20. The lowest BCUT2D eigenvalue weighted by Crippen LogP contribution is -2.15. The maximum absolute atomic E-state index is 11.7. The van der Waals surface area contributed by atoms with Crippen LogP contribution in [0.5, 0.6) is 0 Å². The van der Waals surface area contributed by atoms with Crippen molar-refractivity contribution in [1.29, 1.82) is 0 Å². The van der Waals surface area contributed by atoms with Gasteiger partial charge in [-0.1, -0.05) is 26.0 Å². The summed E-state index contributed by atoms with van der Waals surface area (Å²) in [5.74, 6) is -0.231. The number of hydrogen-bond acceptors (Lipinski definition) is 3. The summed E-state index contributed by atoms with van der Waals surface area (Å²) in [6, 6.07) is 0. The molecule has 90 valence electrons. The molecule has 3 unspecified atom stereocenters. The summed E-state index contributed by atoms with van der Waals surface area (Å²) in [6.07, 6.45) is 6.81. The van der Waals surface area contributed by atoms with Crippen LogP contribution in [0.15, 0.2) is 24.0 Å². The van der Waals surface area contributed by atoms with Crippen LogP contribution in [0.1, 0.15) is 26.7 Å². The van der Waals surface area contributed by atoms with Crippen molar-refractivity contribution in [2.45, 2.75) is 26.7 Å². The Morgan fingerprint density at radius 3 is 2.62 bits per heavy atom. The highest BCUT2D eigenvalue weighted by atomic mass is 16.3. The lowest BCUT2D eigenvalue weighted by atomic mass is 9.91. The van der Waals surface area contributed by atoms with Crippen molar-refractivity contribution >= 4 is 5.78 Å². The quantitative estimate of drug-likeness (QED) is 0.671. The van der Waals surface area contributed by atoms with Crippen molar-refractivity contribution in [3.63, 3.8) is 0 Å². The predicted molar refractivity (Wildman–Crippen MR) is 63.0 cm³/mol. The molecule has 0 amide bonds. The number of carbonyl (C=O) groups excluding carboxylic acids is 1. The molecule has 16 heavy (non-hydrogen) atoms. The SMILES string of the molecule is CC1C=CC(CO)/C(O)=C\C(=O)C(C)CC1. The van der Waals surface area contributed by atoms with Gasteiger partial charge in [-0.05, 0) is 18.8 Å². The number of carbonyl (C=O) groups is 1. The Balaban J connectivity index is 2.92. The second-order valence-corrected chi connectivity index (χ2v) is 4.60. The van der Waals surface area contributed by atoms with Gasteiger partial charge in [0, 0.05) is 12.0 Å². The summed E-state index contributed by atoms with van der Waals surface area (Å²) in [6.45, 7) is 3.77. The summed E-state index contributed by atoms with van der Waals surface area (Å²) in [7, 11) is 0. The minimum absolute atomic E-state index is 0.0373. The number of aliphatic hydroxyl groups excluding tert-OH is 2. The molecule has 0 aromatic heterocycles. The maximum Gasteiger partial charge on any atom is 0.161 e. The van der Waals surface area contributed by atoms with E-state index in [0.717, 1.165) is 12.8 Å². The van der Waals surface area contributed by atoms with Gasteiger partial charge in [0.15, 0.2) is 5.78 Å². The van der Waals surface area contributed by atoms with E-state index >= 15 is 0 Å². The third-order valence-electron chi connectivity index (χ3n) is 3.08. The van der Waals surface area contributed by atoms with E-state index in [1.165, 1.54) is 6.08 Å². The molecule has 0 fully saturated rings. The molecule has 2 N–H and O–H groups in total. The van der Waals surface area contributed by atoms with E-state index < -0.39 is 5.92 Å². The summed E-state index contributed by atoms with van der Waals surface area (Å²) >= 11 is 0. The van der Waals surface area contributed by atoms with Crippen LogP contribution in [-0.2, 0) is 4.79 Å². The van der Waals surface area contributed by atoms with Crippen LogP contribution in [-0.4, -0.2) is 22.6 Å². The van der Waals surface area contributed by atoms with Crippen molar-refractivity contribution in [1.82, 2.24) is 0 Å². The van der Waals surface area contributed by atoms with Gasteiger partial charge in [0.05, 0.1) is 12.5 Å². The van der Waals surface area contributed by atoms with Crippen LogP contribution in [0.2, 0.25) is 0 Å². The first-order valence-corrected chi connectivity index (χ1v) is 5.78. The molecule has 1 aliphatic carbocycles. The van der Waals surface area contributed by atoms with E-state index in [4.69, 9.17) is 5.11 Å². The van der Waals surface area contributed by atoms with Crippen LogP contribution in [0.4, 0.5) is 0 Å². The van der Waals surface area contributed by atoms with E-state index in [9.17, 15) is 9.90 Å². The third-order valence-corrected chi connectivity index (χ3v) is 3.08. The molecule has 0 aliphatic heterocycles. The summed E-state index contributed by atoms with van der Waals surface area (Å²) in [4.78, 5) is 11.7. The fraction of sp³-hybridized carbons (Fsp3) is 0.615. The molecule has 1 rings (SSSR count). The zero-order valence-corrected chi connectivity index (χ0v) is 9.89. The maximum atomic E-state index is 11.7. The zero-order valence-electron chi connectivity index (χ0n) is 9.89. The molecule has 0 aromatic carbocycles. The van der Waals surface area contributed by atoms with Gasteiger partial charge in [0.1, 0.15) is 5.76 Å². The molecular weight excluding hydrogens is 204 g/mol. The first-order chi connectivity index (χ1) is 7.54. The average molecular weight is 224 g/mol. The summed E-state index contributed by atoms with van der Waals surface area (Å²) in [5, 5.41) is 18.8. The summed E-state index contributed by atoms with van der Waals surface area (Å²) in [5.41, 5.74) is 0. The van der Waals surface area contributed by atoms with E-state index in [-0.39, 0.29) is 24.1 Å². The van der Waals surface area contributed by atoms with Gasteiger partial charge < -0.3 is 10.2 Å². The lowest BCUT2D eigenvalue weighted by molar-refractivity contribution is -0.118. The first kappa shape index (κ1) is 13.0. The normalized spacial score (nSPS) is 35.6. The molecule has 0 saturated heterocycles. The molecule has 0 aromatic rings. The highest BCUT2D eigenvalue weighted by molar-refractivity contribution is 5.91. The van der Waals surface area contributed by atoms with Crippen molar-refractivity contribution in [3.8, 4) is 0 Å². The molecule has 0 radical (unpaired) electrons. The van der Waals surface area contributed by atoms with Crippen molar-refractivity contribution in [2.24, 2.45) is 17.8 Å². The van der Waals surface area contributed by atoms with Gasteiger partial charge in [-0.3, -0.25) is 4.79 Å². The third kappa shape index (κ3) is 3.49. The van der Waals surface area contributed by atoms with Crippen LogP contribution < -0.4 is 0 Å². The molecule has 0 heterocycles. The minimum atomic E-state index is -0.448. The van der Waals surface area contributed by atoms with E-state index in [1.807, 2.05) is 13.0 Å². The number of hydrogen-bond donors (Lipinski definition) is 2. The fourth-order valence-electron chi connectivity index (χ4n) is 1.72. The standard InChI is InChI=1S/C13H20O3/c1-9-3-5-10(2)12(15)7-13(16)11(8-14)6-4-9/h4,6-7,9-11,14,16H,3,5,8H2,1-2H3/b6-4?,13-7+. The number of allylic oxidation sites excluding steroid dienone is 2. The minimum Gasteiger partial charge on any atom is -0.511 e. The van der Waals surface area contributed by atoms with Crippen LogP contribution in [0.25, 0.3) is 0 Å². The molecule has 3 heteroatoms. The Hall–Kier alpha value is -1.09. The van der Waals surface area contributed by atoms with Crippen LogP contribution in [0.3, 0.4) is 0 Å². The Bertz CT molecular complexity index is 304. The van der Waals surface area contributed by atoms with Crippen molar-refractivity contribution in [3.05, 3.63) is 24.0 Å². The van der Waals surface area contributed by atoms with Gasteiger partial charge in [-0.2, -0.15) is 0 Å². The lowest BCUT2D eigenvalue weighted by Gasteiger charge is -2.16. The predicted octanol–water partition coefficient (Wildman–Crippen LogP) is 2.23. The second kappa shape index (κ2) is 5.85. The van der Waals surface area contributed by atoms with Crippen LogP contribution >= 0.6 is 0 Å². The Morgan fingerprint density at radius 1 is 1.31 bits per heavy atom. The number of ketones is 1. The number of aliphatic hydroxyl groups is 2. The van der Waals surface area contributed by atoms with E-state index in [2.05, 4.69) is 6.92 Å². The second-order valence-electron chi connectivity index (χ2n) is 4.60. The van der Waals surface area contributed by atoms with E-state index in [0.29, 0.717) is 5.92 Å². The Kier molecular flexibility index (Phi) is 4.74. The van der Waals surface area contributed by atoms with Gasteiger partial charge in [-0.25, -0.2) is 0 Å². The van der Waals surface area contributed by atoms with Crippen molar-refractivity contribution < 1.29 is 15.0 Å². The molecule has 3 atom stereocenters. The van der Waals surface area contributed by atoms with Crippen LogP contribution in [0, 0.1) is 17.8 Å². The molecule has 0 spiro atoms. The smallest absolute Gasteiger partial charge is 0.161 e. The average Bonchev–Trinajstić information content (AvgIpc) is 2.25. The van der Waals surface area contributed by atoms with Gasteiger partial charge >= 0.3 is 0 Å². The van der Waals surface area contributed by atoms with Crippen molar-refractivity contribution in [2.75, 3.05) is 6.61 Å². The monoisotopic (exact) mass is 224 g/mol. The summed E-state index contributed by atoms with van der Waals surface area (Å²) < 4.78 is 0. The molecule has 3 nitrogen and oxygen atoms in total. The zero-order chi connectivity index (χ0) is 12.1. The molecule has 0 bridgehead atoms. The van der Waals surface area contributed by atoms with Gasteiger partial charge in [-0.15, -0.1) is 0 Å². The molecule has 1 aliphatic rings.